The maximum Gasteiger partial charge on any atom is 0.322 e. The molecule has 0 aliphatic carbocycles. The molecule has 0 saturated carbocycles. The van der Waals surface area contributed by atoms with Crippen LogP contribution in [0.15, 0.2) is 6.33 Å². The van der Waals surface area contributed by atoms with Crippen molar-refractivity contribution in [3.05, 3.63) is 12.2 Å². The van der Waals surface area contributed by atoms with Crippen LogP contribution in [0.25, 0.3) is 0 Å². The number of methoxy groups -OCH3 is 1. The second-order valence-corrected chi connectivity index (χ2v) is 3.78. The minimum Gasteiger partial charge on any atom is -0.467 e. The molecule has 0 aliphatic heterocycles. The summed E-state index contributed by atoms with van der Waals surface area (Å²) in [6.45, 7) is 1.91. The lowest BCUT2D eigenvalue weighted by atomic mass is 10.3. The molecule has 10 nitrogen and oxygen atoms in total. The summed E-state index contributed by atoms with van der Waals surface area (Å²) in [4.78, 5) is 12.0. The lowest BCUT2D eigenvalue weighted by molar-refractivity contribution is 0.379. The zero-order chi connectivity index (χ0) is 13.8. The topological polar surface area (TPSA) is 129 Å². The molecule has 0 fully saturated rings. The highest BCUT2D eigenvalue weighted by molar-refractivity contribution is 5.36. The molecule has 0 saturated heterocycles. The maximum absolute atomic E-state index is 5.28. The molecule has 2 rings (SSSR count). The number of ether oxygens (including phenoxy) is 1. The molecule has 0 spiro atoms. The van der Waals surface area contributed by atoms with E-state index in [2.05, 4.69) is 35.9 Å². The van der Waals surface area contributed by atoms with Gasteiger partial charge in [0.1, 0.15) is 6.33 Å². The second-order valence-electron chi connectivity index (χ2n) is 3.78. The molecule has 1 unspecified atom stereocenters. The van der Waals surface area contributed by atoms with Crippen molar-refractivity contribution in [3.8, 4) is 6.01 Å². The molecule has 0 radical (unpaired) electrons. The fourth-order valence-electron chi connectivity index (χ4n) is 1.52. The summed E-state index contributed by atoms with van der Waals surface area (Å²) in [6, 6.07) is 0.0286. The van der Waals surface area contributed by atoms with Gasteiger partial charge in [-0.15, -0.1) is 10.2 Å². The van der Waals surface area contributed by atoms with Crippen LogP contribution in [0.1, 0.15) is 18.8 Å². The number of nitrogens with two attached hydrogens (primary N) is 1. The number of anilines is 2. The first-order chi connectivity index (χ1) is 9.13. The second kappa shape index (κ2) is 5.44. The average Bonchev–Trinajstić information content (AvgIpc) is 2.84. The number of nitrogen functional groups attached to an aromatic ring is 1. The smallest absolute Gasteiger partial charge is 0.322 e. The minimum absolute atomic E-state index is 0.134. The predicted molar refractivity (Wildman–Crippen MR) is 67.2 cm³/mol. The van der Waals surface area contributed by atoms with Crippen LogP contribution in [-0.2, 0) is 7.05 Å². The number of aromatic nitrogens is 6. The van der Waals surface area contributed by atoms with Crippen LogP contribution >= 0.6 is 0 Å². The maximum atomic E-state index is 5.28. The van der Waals surface area contributed by atoms with Crippen LogP contribution in [0.2, 0.25) is 0 Å². The van der Waals surface area contributed by atoms with E-state index >= 15 is 0 Å². The Kier molecular flexibility index (Phi) is 3.71. The van der Waals surface area contributed by atoms with E-state index in [1.165, 1.54) is 7.11 Å². The van der Waals surface area contributed by atoms with Gasteiger partial charge in [0.15, 0.2) is 5.82 Å². The average molecular weight is 265 g/mol. The SMILES string of the molecule is COc1nc(NN)nc(NC(C)c2nncn2C)n1. The number of nitrogens with one attached hydrogen (secondary N) is 2. The quantitative estimate of drug-likeness (QED) is 0.482. The van der Waals surface area contributed by atoms with Crippen molar-refractivity contribution in [2.45, 2.75) is 13.0 Å². The Hall–Kier alpha value is -2.49. The first kappa shape index (κ1) is 13.0. The third-order valence-electron chi connectivity index (χ3n) is 2.41. The zero-order valence-electron chi connectivity index (χ0n) is 10.8. The molecular weight excluding hydrogens is 250 g/mol. The zero-order valence-corrected chi connectivity index (χ0v) is 10.8. The van der Waals surface area contributed by atoms with Crippen LogP contribution in [0.4, 0.5) is 11.9 Å². The summed E-state index contributed by atoms with van der Waals surface area (Å²) in [5, 5.41) is 10.9. The Morgan fingerprint density at radius 2 is 2.05 bits per heavy atom. The third-order valence-corrected chi connectivity index (χ3v) is 2.41. The number of nitrogens with zero attached hydrogens (tertiary/aromatic N) is 6. The van der Waals surface area contributed by atoms with Crippen molar-refractivity contribution in [1.82, 2.24) is 29.7 Å². The summed E-state index contributed by atoms with van der Waals surface area (Å²) in [5.41, 5.74) is 2.35. The lowest BCUT2D eigenvalue weighted by Gasteiger charge is -2.13. The van der Waals surface area contributed by atoms with Crippen molar-refractivity contribution >= 4 is 11.9 Å². The van der Waals surface area contributed by atoms with Gasteiger partial charge in [-0.05, 0) is 6.92 Å². The van der Waals surface area contributed by atoms with E-state index in [0.717, 1.165) is 5.82 Å². The summed E-state index contributed by atoms with van der Waals surface area (Å²) < 4.78 is 6.77. The van der Waals surface area contributed by atoms with Gasteiger partial charge in [-0.1, -0.05) is 0 Å². The van der Waals surface area contributed by atoms with Gasteiger partial charge in [0.2, 0.25) is 11.9 Å². The number of rotatable bonds is 5. The van der Waals surface area contributed by atoms with E-state index in [4.69, 9.17) is 10.6 Å². The van der Waals surface area contributed by atoms with Gasteiger partial charge in [-0.3, -0.25) is 5.43 Å². The molecule has 2 aromatic heterocycles. The Morgan fingerprint density at radius 3 is 2.63 bits per heavy atom. The normalized spacial score (nSPS) is 12.0. The van der Waals surface area contributed by atoms with Gasteiger partial charge in [-0.2, -0.15) is 15.0 Å². The van der Waals surface area contributed by atoms with E-state index in [1.807, 2.05) is 14.0 Å². The fourth-order valence-corrected chi connectivity index (χ4v) is 1.52. The van der Waals surface area contributed by atoms with E-state index in [9.17, 15) is 0 Å². The van der Waals surface area contributed by atoms with Crippen molar-refractivity contribution < 1.29 is 4.74 Å². The Bertz CT molecular complexity index is 532. The molecule has 0 aromatic carbocycles. The van der Waals surface area contributed by atoms with Crippen molar-refractivity contribution in [3.63, 3.8) is 0 Å². The minimum atomic E-state index is -0.134. The van der Waals surface area contributed by atoms with Gasteiger partial charge < -0.3 is 14.6 Å². The molecule has 4 N–H and O–H groups in total. The van der Waals surface area contributed by atoms with E-state index in [0.29, 0.717) is 5.95 Å². The summed E-state index contributed by atoms with van der Waals surface area (Å²) in [7, 11) is 3.32. The molecule has 10 heteroatoms. The Morgan fingerprint density at radius 1 is 1.32 bits per heavy atom. The van der Waals surface area contributed by atoms with Gasteiger partial charge in [0.05, 0.1) is 13.2 Å². The first-order valence-corrected chi connectivity index (χ1v) is 5.51. The summed E-state index contributed by atoms with van der Waals surface area (Å²) in [5.74, 6) is 6.57. The van der Waals surface area contributed by atoms with E-state index in [-0.39, 0.29) is 18.0 Å². The number of hydrogen-bond acceptors (Lipinski definition) is 9. The molecular formula is C9H15N9O. The molecule has 102 valence electrons. The van der Waals surface area contributed by atoms with Crippen LogP contribution < -0.4 is 21.3 Å². The number of hydrazine groups is 1. The molecule has 1 atom stereocenters. The third kappa shape index (κ3) is 2.85. The van der Waals surface area contributed by atoms with Crippen LogP contribution in [0, 0.1) is 0 Å². The van der Waals surface area contributed by atoms with Crippen molar-refractivity contribution in [2.75, 3.05) is 17.9 Å². The molecule has 0 amide bonds. The van der Waals surface area contributed by atoms with Crippen LogP contribution in [0.5, 0.6) is 6.01 Å². The summed E-state index contributed by atoms with van der Waals surface area (Å²) >= 11 is 0. The fraction of sp³-hybridized carbons (Fsp3) is 0.444. The standard InChI is InChI=1S/C9H15N9O/c1-5(6-17-11-4-18(6)2)12-7-13-8(16-10)15-9(14-7)19-3/h4-5H,10H2,1-3H3,(H2,12,13,14,15,16). The number of hydrogen-bond donors (Lipinski definition) is 3. The highest BCUT2D eigenvalue weighted by Crippen LogP contribution is 2.16. The highest BCUT2D eigenvalue weighted by atomic mass is 16.5. The Balaban J connectivity index is 2.21. The largest absolute Gasteiger partial charge is 0.467 e. The Labute approximate surface area is 109 Å². The van der Waals surface area contributed by atoms with E-state index < -0.39 is 0 Å². The molecule has 0 bridgehead atoms. The predicted octanol–water partition coefficient (Wildman–Crippen LogP) is -0.533. The van der Waals surface area contributed by atoms with Crippen LogP contribution in [0.3, 0.4) is 0 Å². The van der Waals surface area contributed by atoms with Crippen molar-refractivity contribution in [1.29, 1.82) is 0 Å². The number of aryl methyl sites for hydroxylation is 1. The highest BCUT2D eigenvalue weighted by Gasteiger charge is 2.14. The van der Waals surface area contributed by atoms with Gasteiger partial charge in [0, 0.05) is 7.05 Å². The van der Waals surface area contributed by atoms with Gasteiger partial charge >= 0.3 is 6.01 Å². The van der Waals surface area contributed by atoms with E-state index in [1.54, 1.807) is 10.9 Å². The van der Waals surface area contributed by atoms with Crippen LogP contribution in [-0.4, -0.2) is 36.8 Å². The van der Waals surface area contributed by atoms with Gasteiger partial charge in [-0.25, -0.2) is 5.84 Å². The molecule has 2 heterocycles. The summed E-state index contributed by atoms with van der Waals surface area (Å²) in [6.07, 6.45) is 1.62. The molecule has 2 aromatic rings. The van der Waals surface area contributed by atoms with Gasteiger partial charge in [0.25, 0.3) is 0 Å². The van der Waals surface area contributed by atoms with Crippen molar-refractivity contribution in [2.24, 2.45) is 12.9 Å². The lowest BCUT2D eigenvalue weighted by Crippen LogP contribution is -2.17. The first-order valence-electron chi connectivity index (χ1n) is 5.51. The molecule has 0 aliphatic rings. The monoisotopic (exact) mass is 265 g/mol. The molecule has 19 heavy (non-hydrogen) atoms.